The van der Waals surface area contributed by atoms with E-state index in [1.54, 1.807) is 17.5 Å². The molecule has 0 aromatic carbocycles. The topological polar surface area (TPSA) is 46.2 Å². The van der Waals surface area contributed by atoms with Gasteiger partial charge in [-0.1, -0.05) is 0 Å². The van der Waals surface area contributed by atoms with Gasteiger partial charge in [-0.2, -0.15) is 9.90 Å². The van der Waals surface area contributed by atoms with Crippen molar-refractivity contribution in [2.24, 2.45) is 0 Å². The zero-order chi connectivity index (χ0) is 6.69. The second-order valence-corrected chi connectivity index (χ2v) is 2.19. The summed E-state index contributed by atoms with van der Waals surface area (Å²) >= 11 is 1.21. The molecule has 0 amide bonds. The second-order valence-electron chi connectivity index (χ2n) is 1.28. The van der Waals surface area contributed by atoms with Crippen molar-refractivity contribution in [3.63, 3.8) is 0 Å². The largest absolute Gasteiger partial charge is 0.556 e. The molecule has 0 N–H and O–H groups in total. The molecule has 0 fully saturated rings. The van der Waals surface area contributed by atoms with Gasteiger partial charge in [0.25, 0.3) is 0 Å². The van der Waals surface area contributed by atoms with Gasteiger partial charge >= 0.3 is 6.16 Å². The van der Waals surface area contributed by atoms with Crippen LogP contribution in [0, 0.1) is 0 Å². The van der Waals surface area contributed by atoms with Gasteiger partial charge in [-0.05, 0) is 17.5 Å². The van der Waals surface area contributed by atoms with Crippen LogP contribution in [-0.2, 0) is 5.11 Å². The van der Waals surface area contributed by atoms with Crippen LogP contribution >= 0.6 is 11.3 Å². The standard InChI is InChI=1S/C5H3O3S/c6-5(7)8-4-2-1-3-9-4/h1-3H. The van der Waals surface area contributed by atoms with Crippen LogP contribution < -0.4 is 4.74 Å². The molecule has 1 aromatic heterocycles. The van der Waals surface area contributed by atoms with E-state index in [2.05, 4.69) is 4.74 Å². The van der Waals surface area contributed by atoms with Gasteiger partial charge in [0.15, 0.2) is 5.06 Å². The molecule has 1 aromatic rings. The van der Waals surface area contributed by atoms with Crippen LogP contribution in [0.3, 0.4) is 0 Å². The number of hydrogen-bond acceptors (Lipinski definition) is 3. The van der Waals surface area contributed by atoms with E-state index < -0.39 is 6.16 Å². The maximum absolute atomic E-state index is 9.74. The Morgan fingerprint density at radius 1 is 1.67 bits per heavy atom. The summed E-state index contributed by atoms with van der Waals surface area (Å²) in [4.78, 5) is 9.74. The molecule has 0 saturated carbocycles. The lowest BCUT2D eigenvalue weighted by Crippen LogP contribution is -1.98. The van der Waals surface area contributed by atoms with Gasteiger partial charge in [-0.3, -0.25) is 0 Å². The zero-order valence-corrected chi connectivity index (χ0v) is 5.18. The molecule has 0 saturated heterocycles. The summed E-state index contributed by atoms with van der Waals surface area (Å²) in [6.45, 7) is 0. The van der Waals surface area contributed by atoms with Crippen molar-refractivity contribution in [1.29, 1.82) is 0 Å². The van der Waals surface area contributed by atoms with Crippen molar-refractivity contribution in [3.05, 3.63) is 17.5 Å². The van der Waals surface area contributed by atoms with Gasteiger partial charge < -0.3 is 4.74 Å². The Bertz CT molecular complexity index is 192. The molecule has 1 heterocycles. The fourth-order valence-corrected chi connectivity index (χ4v) is 0.968. The number of hydrogen-bond donors (Lipinski definition) is 0. The summed E-state index contributed by atoms with van der Waals surface area (Å²) in [5.41, 5.74) is 0. The summed E-state index contributed by atoms with van der Waals surface area (Å²) < 4.78 is 4.18. The minimum atomic E-state index is -1.52. The molecule has 0 bridgehead atoms. The summed E-state index contributed by atoms with van der Waals surface area (Å²) in [6.07, 6.45) is -1.52. The molecule has 0 aliphatic heterocycles. The summed E-state index contributed by atoms with van der Waals surface area (Å²) in [6, 6.07) is 3.25. The zero-order valence-electron chi connectivity index (χ0n) is 4.37. The average Bonchev–Trinajstić information content (AvgIpc) is 2.15. The second kappa shape index (κ2) is 2.50. The van der Waals surface area contributed by atoms with E-state index in [4.69, 9.17) is 0 Å². The highest BCUT2D eigenvalue weighted by Crippen LogP contribution is 2.17. The van der Waals surface area contributed by atoms with Gasteiger partial charge in [0.05, 0.1) is 0 Å². The summed E-state index contributed by atoms with van der Waals surface area (Å²) in [5, 5.41) is 11.8. The molecule has 0 spiro atoms. The molecule has 0 aliphatic rings. The highest BCUT2D eigenvalue weighted by atomic mass is 32.1. The Labute approximate surface area is 55.5 Å². The molecule has 0 atom stereocenters. The lowest BCUT2D eigenvalue weighted by Gasteiger charge is -1.87. The van der Waals surface area contributed by atoms with Gasteiger partial charge in [0.1, 0.15) is 0 Å². The number of carbonyl (C=O) groups is 1. The molecule has 0 unspecified atom stereocenters. The predicted octanol–water partition coefficient (Wildman–Crippen LogP) is 1.68. The Kier molecular flexibility index (Phi) is 1.69. The smallest absolute Gasteiger partial charge is 0.381 e. The van der Waals surface area contributed by atoms with E-state index in [0.717, 1.165) is 0 Å². The van der Waals surface area contributed by atoms with Gasteiger partial charge in [0, 0.05) is 0 Å². The number of ether oxygens (including phenoxy) is 1. The van der Waals surface area contributed by atoms with Gasteiger partial charge in [0.2, 0.25) is 0 Å². The lowest BCUT2D eigenvalue weighted by molar-refractivity contribution is 0.119. The van der Waals surface area contributed by atoms with Crippen molar-refractivity contribution in [2.75, 3.05) is 0 Å². The van der Waals surface area contributed by atoms with E-state index >= 15 is 0 Å². The van der Waals surface area contributed by atoms with Crippen LogP contribution in [0.4, 0.5) is 4.79 Å². The molecule has 0 aliphatic carbocycles. The van der Waals surface area contributed by atoms with Crippen LogP contribution in [-0.4, -0.2) is 6.16 Å². The van der Waals surface area contributed by atoms with Crippen molar-refractivity contribution in [1.82, 2.24) is 0 Å². The van der Waals surface area contributed by atoms with E-state index in [1.165, 1.54) is 11.3 Å². The van der Waals surface area contributed by atoms with Crippen molar-refractivity contribution in [3.8, 4) is 5.06 Å². The first-order valence-corrected chi connectivity index (χ1v) is 3.09. The Morgan fingerprint density at radius 2 is 2.44 bits per heavy atom. The van der Waals surface area contributed by atoms with Crippen LogP contribution in [0.25, 0.3) is 0 Å². The van der Waals surface area contributed by atoms with Gasteiger partial charge in [-0.25, -0.2) is 0 Å². The first-order valence-electron chi connectivity index (χ1n) is 2.21. The van der Waals surface area contributed by atoms with Crippen LogP contribution in [0.15, 0.2) is 17.5 Å². The minimum absolute atomic E-state index is 0.343. The fourth-order valence-electron chi connectivity index (χ4n) is 0.404. The molecular formula is C5H3O3S. The SMILES string of the molecule is [O]C(=O)Oc1cccs1. The summed E-state index contributed by atoms with van der Waals surface area (Å²) in [5.74, 6) is 0. The lowest BCUT2D eigenvalue weighted by atomic mass is 10.7. The van der Waals surface area contributed by atoms with Crippen molar-refractivity contribution >= 4 is 17.5 Å². The maximum atomic E-state index is 9.74. The monoisotopic (exact) mass is 143 g/mol. The van der Waals surface area contributed by atoms with E-state index in [-0.39, 0.29) is 0 Å². The van der Waals surface area contributed by atoms with Crippen LogP contribution in [0.2, 0.25) is 0 Å². The Balaban J connectivity index is 2.58. The third-order valence-corrected chi connectivity index (χ3v) is 1.42. The molecule has 47 valence electrons. The van der Waals surface area contributed by atoms with Crippen molar-refractivity contribution in [2.45, 2.75) is 0 Å². The van der Waals surface area contributed by atoms with E-state index in [9.17, 15) is 9.90 Å². The minimum Gasteiger partial charge on any atom is -0.381 e. The van der Waals surface area contributed by atoms with Crippen LogP contribution in [0.5, 0.6) is 5.06 Å². The predicted molar refractivity (Wildman–Crippen MR) is 31.0 cm³/mol. The van der Waals surface area contributed by atoms with Gasteiger partial charge in [-0.15, -0.1) is 11.3 Å². The molecule has 1 radical (unpaired) electrons. The van der Waals surface area contributed by atoms with Crippen LogP contribution in [0.1, 0.15) is 0 Å². The van der Waals surface area contributed by atoms with E-state index in [1.807, 2.05) is 0 Å². The summed E-state index contributed by atoms with van der Waals surface area (Å²) in [7, 11) is 0. The number of thiophene rings is 1. The fraction of sp³-hybridized carbons (Fsp3) is 0. The molecular weight excluding hydrogens is 140 g/mol. The third-order valence-electron chi connectivity index (χ3n) is 0.679. The van der Waals surface area contributed by atoms with E-state index in [0.29, 0.717) is 5.06 Å². The van der Waals surface area contributed by atoms with Crippen molar-refractivity contribution < 1.29 is 14.6 Å². The quantitative estimate of drug-likeness (QED) is 0.561. The maximum Gasteiger partial charge on any atom is 0.556 e. The first kappa shape index (κ1) is 6.10. The Morgan fingerprint density at radius 3 is 2.89 bits per heavy atom. The Hall–Kier alpha value is -1.03. The number of carbonyl (C=O) groups excluding carboxylic acids is 1. The molecule has 3 nitrogen and oxygen atoms in total. The highest BCUT2D eigenvalue weighted by Gasteiger charge is 2.01. The first-order chi connectivity index (χ1) is 4.29. The molecule has 9 heavy (non-hydrogen) atoms. The molecule has 4 heteroatoms. The highest BCUT2D eigenvalue weighted by molar-refractivity contribution is 7.11. The third kappa shape index (κ3) is 1.73. The number of rotatable bonds is 1. The average molecular weight is 143 g/mol. The molecule has 1 rings (SSSR count). The normalized spacial score (nSPS) is 8.89.